The molecule has 1 N–H and O–H groups in total. The number of carbonyl (C=O) groups excluding carboxylic acids is 3. The highest BCUT2D eigenvalue weighted by atomic mass is 16.5. The molecule has 0 aliphatic carbocycles. The van der Waals surface area contributed by atoms with Crippen LogP contribution >= 0.6 is 0 Å². The molecule has 2 amide bonds. The number of nitrogens with one attached hydrogen (secondary N) is 1. The van der Waals surface area contributed by atoms with Crippen LogP contribution in [0.5, 0.6) is 0 Å². The highest BCUT2D eigenvalue weighted by Gasteiger charge is 2.30. The van der Waals surface area contributed by atoms with Gasteiger partial charge in [-0.2, -0.15) is 0 Å². The van der Waals surface area contributed by atoms with Crippen LogP contribution in [0.25, 0.3) is 0 Å². The molecule has 29 heavy (non-hydrogen) atoms. The number of amides is 2. The summed E-state index contributed by atoms with van der Waals surface area (Å²) in [6.45, 7) is 3.10. The Balaban J connectivity index is 1.49. The highest BCUT2D eigenvalue weighted by Crippen LogP contribution is 2.19. The van der Waals surface area contributed by atoms with Crippen molar-refractivity contribution in [3.05, 3.63) is 53.7 Å². The Morgan fingerprint density at radius 1 is 1.31 bits per heavy atom. The van der Waals surface area contributed by atoms with E-state index >= 15 is 0 Å². The second kappa shape index (κ2) is 9.86. The Bertz CT molecular complexity index is 849. The first-order chi connectivity index (χ1) is 14.1. The lowest BCUT2D eigenvalue weighted by molar-refractivity contribution is -0.138. The molecule has 8 nitrogen and oxygen atoms in total. The molecule has 0 unspecified atom stereocenters. The molecule has 2 aromatic heterocycles. The van der Waals surface area contributed by atoms with E-state index in [9.17, 15) is 14.4 Å². The van der Waals surface area contributed by atoms with E-state index in [1.165, 1.54) is 6.07 Å². The number of hydrogen-bond donors (Lipinski definition) is 1. The summed E-state index contributed by atoms with van der Waals surface area (Å²) < 4.78 is 10.3. The van der Waals surface area contributed by atoms with Gasteiger partial charge in [0.25, 0.3) is 0 Å². The maximum Gasteiger partial charge on any atom is 0.374 e. The van der Waals surface area contributed by atoms with E-state index < -0.39 is 5.97 Å². The molecule has 0 spiro atoms. The first-order valence-corrected chi connectivity index (χ1v) is 9.78. The Labute approximate surface area is 169 Å². The van der Waals surface area contributed by atoms with Gasteiger partial charge in [-0.1, -0.05) is 6.07 Å². The van der Waals surface area contributed by atoms with Crippen molar-refractivity contribution in [2.75, 3.05) is 19.7 Å². The minimum atomic E-state index is -0.528. The smallest absolute Gasteiger partial charge is 0.374 e. The number of ether oxygens (including phenoxy) is 1. The number of nitrogens with zero attached hydrogens (tertiary/aromatic N) is 2. The monoisotopic (exact) mass is 399 g/mol. The van der Waals surface area contributed by atoms with Crippen LogP contribution in [-0.2, 0) is 27.3 Å². The zero-order chi connectivity index (χ0) is 20.6. The fourth-order valence-corrected chi connectivity index (χ4v) is 3.24. The number of hydrogen-bond acceptors (Lipinski definition) is 6. The Hall–Kier alpha value is -3.16. The normalized spacial score (nSPS) is 16.5. The van der Waals surface area contributed by atoms with Crippen LogP contribution in [-0.4, -0.2) is 47.4 Å². The molecule has 1 atom stereocenters. The number of carbonyl (C=O) groups is 3. The van der Waals surface area contributed by atoms with E-state index in [4.69, 9.17) is 9.15 Å². The van der Waals surface area contributed by atoms with Crippen molar-refractivity contribution < 1.29 is 23.5 Å². The fourth-order valence-electron chi connectivity index (χ4n) is 3.24. The molecule has 2 aromatic rings. The first kappa shape index (κ1) is 20.6. The topological polar surface area (TPSA) is 102 Å². The fraction of sp³-hybridized carbons (Fsp3) is 0.429. The van der Waals surface area contributed by atoms with Crippen LogP contribution in [0.3, 0.4) is 0 Å². The third-order valence-electron chi connectivity index (χ3n) is 4.81. The molecular formula is C21H25N3O5. The molecule has 1 aliphatic heterocycles. The summed E-state index contributed by atoms with van der Waals surface area (Å²) in [4.78, 5) is 42.4. The predicted molar refractivity (Wildman–Crippen MR) is 104 cm³/mol. The van der Waals surface area contributed by atoms with E-state index in [-0.39, 0.29) is 36.6 Å². The summed E-state index contributed by atoms with van der Waals surface area (Å²) in [5, 5.41) is 2.83. The van der Waals surface area contributed by atoms with Crippen molar-refractivity contribution in [2.45, 2.75) is 32.7 Å². The SMILES string of the molecule is CCOC(=O)c1ccc(CNC(=O)[C@H]2CCC(=O)N(CCc3ccccn3)C2)o1. The minimum absolute atomic E-state index is 0.0649. The lowest BCUT2D eigenvalue weighted by Gasteiger charge is -2.31. The van der Waals surface area contributed by atoms with Gasteiger partial charge in [0, 0.05) is 37.8 Å². The van der Waals surface area contributed by atoms with Gasteiger partial charge in [0.15, 0.2) is 0 Å². The van der Waals surface area contributed by atoms with Gasteiger partial charge in [-0.05, 0) is 37.6 Å². The largest absolute Gasteiger partial charge is 0.460 e. The van der Waals surface area contributed by atoms with Crippen LogP contribution in [0, 0.1) is 5.92 Å². The zero-order valence-corrected chi connectivity index (χ0v) is 16.4. The van der Waals surface area contributed by atoms with Gasteiger partial charge in [0.05, 0.1) is 19.1 Å². The van der Waals surface area contributed by atoms with Crippen molar-refractivity contribution in [2.24, 2.45) is 5.92 Å². The molecule has 0 aromatic carbocycles. The van der Waals surface area contributed by atoms with Crippen LogP contribution < -0.4 is 5.32 Å². The standard InChI is InChI=1S/C21H25N3O5/c1-2-28-21(27)18-8-7-17(29-18)13-23-20(26)15-6-9-19(25)24(14-15)12-10-16-5-3-4-11-22-16/h3-5,7-8,11,15H,2,6,9-10,12-14H2,1H3,(H,23,26)/t15-/m0/s1. The Morgan fingerprint density at radius 2 is 2.17 bits per heavy atom. The molecule has 0 saturated carbocycles. The molecule has 8 heteroatoms. The summed E-state index contributed by atoms with van der Waals surface area (Å²) in [5.41, 5.74) is 0.919. The predicted octanol–water partition coefficient (Wildman–Crippen LogP) is 1.95. The average molecular weight is 399 g/mol. The molecule has 3 rings (SSSR count). The van der Waals surface area contributed by atoms with Crippen LogP contribution in [0.2, 0.25) is 0 Å². The highest BCUT2D eigenvalue weighted by molar-refractivity contribution is 5.86. The third kappa shape index (κ3) is 5.66. The second-order valence-corrected chi connectivity index (χ2v) is 6.85. The van der Waals surface area contributed by atoms with Gasteiger partial charge in [0.2, 0.25) is 17.6 Å². The van der Waals surface area contributed by atoms with Gasteiger partial charge in [0.1, 0.15) is 5.76 Å². The van der Waals surface area contributed by atoms with Crippen molar-refractivity contribution in [3.63, 3.8) is 0 Å². The molecule has 0 bridgehead atoms. The first-order valence-electron chi connectivity index (χ1n) is 9.78. The van der Waals surface area contributed by atoms with E-state index in [1.54, 1.807) is 24.1 Å². The van der Waals surface area contributed by atoms with Crippen LogP contribution in [0.15, 0.2) is 40.9 Å². The van der Waals surface area contributed by atoms with E-state index in [0.717, 1.165) is 5.69 Å². The second-order valence-electron chi connectivity index (χ2n) is 6.85. The number of piperidine rings is 1. The molecule has 0 radical (unpaired) electrons. The number of esters is 1. The van der Waals surface area contributed by atoms with Crippen molar-refractivity contribution >= 4 is 17.8 Å². The average Bonchev–Trinajstić information content (AvgIpc) is 3.21. The van der Waals surface area contributed by atoms with Crippen molar-refractivity contribution in [3.8, 4) is 0 Å². The lowest BCUT2D eigenvalue weighted by atomic mass is 9.96. The van der Waals surface area contributed by atoms with E-state index in [2.05, 4.69) is 10.3 Å². The maximum atomic E-state index is 12.5. The van der Waals surface area contributed by atoms with Gasteiger partial charge in [-0.3, -0.25) is 14.6 Å². The molecule has 154 valence electrons. The van der Waals surface area contributed by atoms with Crippen molar-refractivity contribution in [1.82, 2.24) is 15.2 Å². The van der Waals surface area contributed by atoms with Crippen LogP contribution in [0.1, 0.15) is 41.8 Å². The zero-order valence-electron chi connectivity index (χ0n) is 16.4. The Morgan fingerprint density at radius 3 is 2.93 bits per heavy atom. The maximum absolute atomic E-state index is 12.5. The molecule has 1 aliphatic rings. The number of furan rings is 1. The van der Waals surface area contributed by atoms with Gasteiger partial charge >= 0.3 is 5.97 Å². The molecule has 1 saturated heterocycles. The quantitative estimate of drug-likeness (QED) is 0.681. The molecular weight excluding hydrogens is 374 g/mol. The summed E-state index contributed by atoms with van der Waals surface area (Å²) in [5.74, 6) is -0.278. The van der Waals surface area contributed by atoms with E-state index in [0.29, 0.717) is 38.1 Å². The lowest BCUT2D eigenvalue weighted by Crippen LogP contribution is -2.46. The van der Waals surface area contributed by atoms with Gasteiger partial charge in [-0.15, -0.1) is 0 Å². The number of aromatic nitrogens is 1. The van der Waals surface area contributed by atoms with Crippen LogP contribution in [0.4, 0.5) is 0 Å². The van der Waals surface area contributed by atoms with Crippen molar-refractivity contribution in [1.29, 1.82) is 0 Å². The number of likely N-dealkylation sites (tertiary alicyclic amines) is 1. The number of rotatable bonds is 8. The molecule has 3 heterocycles. The third-order valence-corrected chi connectivity index (χ3v) is 4.81. The van der Waals surface area contributed by atoms with E-state index in [1.807, 2.05) is 18.2 Å². The Kier molecular flexibility index (Phi) is 6.99. The summed E-state index contributed by atoms with van der Waals surface area (Å²) >= 11 is 0. The minimum Gasteiger partial charge on any atom is -0.460 e. The summed E-state index contributed by atoms with van der Waals surface area (Å²) in [7, 11) is 0. The van der Waals surface area contributed by atoms with Gasteiger partial charge < -0.3 is 19.4 Å². The summed E-state index contributed by atoms with van der Waals surface area (Å²) in [6.07, 6.45) is 3.26. The molecule has 1 fully saturated rings. The number of pyridine rings is 1. The summed E-state index contributed by atoms with van der Waals surface area (Å²) in [6, 6.07) is 8.85. The van der Waals surface area contributed by atoms with Gasteiger partial charge in [-0.25, -0.2) is 4.79 Å².